The van der Waals surface area contributed by atoms with Crippen molar-refractivity contribution in [1.29, 1.82) is 0 Å². The summed E-state index contributed by atoms with van der Waals surface area (Å²) in [6.07, 6.45) is 0.330. The number of hydrogen-bond donors (Lipinski definition) is 2. The van der Waals surface area contributed by atoms with Crippen molar-refractivity contribution >= 4 is 28.9 Å². The monoisotopic (exact) mass is 361 g/mol. The fourth-order valence-electron chi connectivity index (χ4n) is 2.00. The van der Waals surface area contributed by atoms with Crippen molar-refractivity contribution in [3.63, 3.8) is 0 Å². The van der Waals surface area contributed by atoms with Crippen molar-refractivity contribution in [2.75, 3.05) is 17.2 Å². The Labute approximate surface area is 148 Å². The van der Waals surface area contributed by atoms with Gasteiger partial charge < -0.3 is 15.4 Å². The Kier molecular flexibility index (Phi) is 6.20. The largest absolute Gasteiger partial charge is 0.484 e. The molecule has 0 bridgehead atoms. The molecule has 2 rings (SSSR count). The first kappa shape index (κ1) is 18.8. The molecular formula is C17H16FN3O5. The van der Waals surface area contributed by atoms with Crippen molar-refractivity contribution < 1.29 is 23.6 Å². The number of carbonyl (C=O) groups is 2. The lowest BCUT2D eigenvalue weighted by Gasteiger charge is -2.09. The minimum atomic E-state index is -1.05. The van der Waals surface area contributed by atoms with Gasteiger partial charge in [0.1, 0.15) is 5.75 Å². The highest BCUT2D eigenvalue weighted by Crippen LogP contribution is 2.22. The first-order valence-corrected chi connectivity index (χ1v) is 7.65. The molecule has 0 aliphatic rings. The Morgan fingerprint density at radius 3 is 2.35 bits per heavy atom. The number of amides is 2. The smallest absolute Gasteiger partial charge is 0.305 e. The summed E-state index contributed by atoms with van der Waals surface area (Å²) in [6.45, 7) is 1.31. The quantitative estimate of drug-likeness (QED) is 0.581. The average Bonchev–Trinajstić information content (AvgIpc) is 2.60. The van der Waals surface area contributed by atoms with Gasteiger partial charge in [0, 0.05) is 29.9 Å². The van der Waals surface area contributed by atoms with E-state index >= 15 is 0 Å². The van der Waals surface area contributed by atoms with Gasteiger partial charge in [0.2, 0.25) is 11.7 Å². The zero-order valence-corrected chi connectivity index (χ0v) is 13.8. The van der Waals surface area contributed by atoms with E-state index in [9.17, 15) is 24.1 Å². The van der Waals surface area contributed by atoms with Gasteiger partial charge in [-0.15, -0.1) is 0 Å². The van der Waals surface area contributed by atoms with E-state index in [2.05, 4.69) is 10.6 Å². The molecule has 0 saturated heterocycles. The maximum Gasteiger partial charge on any atom is 0.305 e. The Bertz CT molecular complexity index is 841. The summed E-state index contributed by atoms with van der Waals surface area (Å²) in [7, 11) is 0. The molecule has 0 saturated carbocycles. The number of nitro benzene ring substituents is 1. The molecule has 2 amide bonds. The van der Waals surface area contributed by atoms with Crippen LogP contribution in [0.25, 0.3) is 0 Å². The Hall–Kier alpha value is -3.49. The first-order chi connectivity index (χ1) is 12.4. The van der Waals surface area contributed by atoms with Crippen LogP contribution in [0.15, 0.2) is 42.5 Å². The Morgan fingerprint density at radius 1 is 1.12 bits per heavy atom. The fraction of sp³-hybridized carbons (Fsp3) is 0.176. The minimum absolute atomic E-state index is 0.00721. The van der Waals surface area contributed by atoms with E-state index in [1.165, 1.54) is 6.07 Å². The van der Waals surface area contributed by atoms with Gasteiger partial charge >= 0.3 is 5.69 Å². The van der Waals surface area contributed by atoms with Crippen molar-refractivity contribution in [3.05, 3.63) is 58.4 Å². The van der Waals surface area contributed by atoms with Crippen LogP contribution < -0.4 is 15.4 Å². The van der Waals surface area contributed by atoms with Crippen molar-refractivity contribution in [2.24, 2.45) is 0 Å². The lowest BCUT2D eigenvalue weighted by molar-refractivity contribution is -0.387. The van der Waals surface area contributed by atoms with E-state index in [0.29, 0.717) is 17.8 Å². The summed E-state index contributed by atoms with van der Waals surface area (Å²) in [4.78, 5) is 33.0. The fourth-order valence-corrected chi connectivity index (χ4v) is 2.00. The third kappa shape index (κ3) is 5.26. The lowest BCUT2D eigenvalue weighted by Crippen LogP contribution is -2.20. The Balaban J connectivity index is 1.93. The maximum absolute atomic E-state index is 13.5. The zero-order chi connectivity index (χ0) is 19.1. The SMILES string of the molecule is CCC(=O)Nc1cccc(NC(=O)COc2ccc([N+](=O)[O-])c(F)c2)c1. The van der Waals surface area contributed by atoms with Crippen LogP contribution >= 0.6 is 0 Å². The number of anilines is 2. The van der Waals surface area contributed by atoms with E-state index in [-0.39, 0.29) is 11.7 Å². The molecule has 0 atom stereocenters. The van der Waals surface area contributed by atoms with Crippen LogP contribution in [0.5, 0.6) is 5.75 Å². The second-order valence-electron chi connectivity index (χ2n) is 5.19. The standard InChI is InChI=1S/C17H16FN3O5/c1-2-16(22)19-11-4-3-5-12(8-11)20-17(23)10-26-13-6-7-15(21(24)25)14(18)9-13/h3-9H,2,10H2,1H3,(H,19,22)(H,20,23). The van der Waals surface area contributed by atoms with E-state index in [4.69, 9.17) is 4.74 Å². The van der Waals surface area contributed by atoms with Gasteiger partial charge in [-0.1, -0.05) is 13.0 Å². The number of ether oxygens (including phenoxy) is 1. The number of benzene rings is 2. The van der Waals surface area contributed by atoms with Gasteiger partial charge in [0.15, 0.2) is 6.61 Å². The molecular weight excluding hydrogens is 345 g/mol. The maximum atomic E-state index is 13.5. The summed E-state index contributed by atoms with van der Waals surface area (Å²) in [5.74, 6) is -1.72. The number of carbonyl (C=O) groups excluding carboxylic acids is 2. The number of halogens is 1. The molecule has 8 nitrogen and oxygen atoms in total. The van der Waals surface area contributed by atoms with Crippen LogP contribution in [0, 0.1) is 15.9 Å². The molecule has 0 unspecified atom stereocenters. The summed E-state index contributed by atoms with van der Waals surface area (Å²) in [5, 5.41) is 15.8. The third-order valence-electron chi connectivity index (χ3n) is 3.24. The van der Waals surface area contributed by atoms with Crippen molar-refractivity contribution in [3.8, 4) is 5.75 Å². The van der Waals surface area contributed by atoms with Crippen molar-refractivity contribution in [2.45, 2.75) is 13.3 Å². The predicted molar refractivity (Wildman–Crippen MR) is 92.5 cm³/mol. The van der Waals surface area contributed by atoms with Gasteiger partial charge in [0.05, 0.1) is 4.92 Å². The van der Waals surface area contributed by atoms with Gasteiger partial charge in [-0.2, -0.15) is 4.39 Å². The third-order valence-corrected chi connectivity index (χ3v) is 3.24. The molecule has 2 N–H and O–H groups in total. The highest BCUT2D eigenvalue weighted by Gasteiger charge is 2.15. The summed E-state index contributed by atoms with van der Waals surface area (Å²) in [5.41, 5.74) is 0.308. The van der Waals surface area contributed by atoms with Crippen LogP contribution in [-0.2, 0) is 9.59 Å². The second-order valence-corrected chi connectivity index (χ2v) is 5.19. The Morgan fingerprint density at radius 2 is 1.77 bits per heavy atom. The van der Waals surface area contributed by atoms with E-state index in [1.54, 1.807) is 31.2 Å². The van der Waals surface area contributed by atoms with Crippen LogP contribution in [-0.4, -0.2) is 23.3 Å². The van der Waals surface area contributed by atoms with Gasteiger partial charge in [-0.05, 0) is 24.3 Å². The molecule has 26 heavy (non-hydrogen) atoms. The van der Waals surface area contributed by atoms with Gasteiger partial charge in [-0.25, -0.2) is 0 Å². The van der Waals surface area contributed by atoms with Crippen LogP contribution in [0.1, 0.15) is 13.3 Å². The van der Waals surface area contributed by atoms with Crippen LogP contribution in [0.3, 0.4) is 0 Å². The van der Waals surface area contributed by atoms with Gasteiger partial charge in [0.25, 0.3) is 5.91 Å². The van der Waals surface area contributed by atoms with E-state index < -0.39 is 28.9 Å². The molecule has 2 aromatic rings. The molecule has 9 heteroatoms. The number of hydrogen-bond acceptors (Lipinski definition) is 5. The molecule has 136 valence electrons. The van der Waals surface area contributed by atoms with E-state index in [0.717, 1.165) is 12.1 Å². The molecule has 0 radical (unpaired) electrons. The molecule has 0 aliphatic carbocycles. The first-order valence-electron chi connectivity index (χ1n) is 7.65. The minimum Gasteiger partial charge on any atom is -0.484 e. The predicted octanol–water partition coefficient (Wildman–Crippen LogP) is 3.10. The number of nitro groups is 1. The molecule has 2 aromatic carbocycles. The second kappa shape index (κ2) is 8.56. The normalized spacial score (nSPS) is 10.1. The zero-order valence-electron chi connectivity index (χ0n) is 13.8. The van der Waals surface area contributed by atoms with Gasteiger partial charge in [-0.3, -0.25) is 19.7 Å². The van der Waals surface area contributed by atoms with Crippen LogP contribution in [0.4, 0.5) is 21.5 Å². The summed E-state index contributed by atoms with van der Waals surface area (Å²) < 4.78 is 18.6. The van der Waals surface area contributed by atoms with Crippen LogP contribution in [0.2, 0.25) is 0 Å². The molecule has 0 aliphatic heterocycles. The van der Waals surface area contributed by atoms with Crippen molar-refractivity contribution in [1.82, 2.24) is 0 Å². The molecule has 0 heterocycles. The number of nitrogens with one attached hydrogen (secondary N) is 2. The highest BCUT2D eigenvalue weighted by molar-refractivity contribution is 5.94. The van der Waals surface area contributed by atoms with E-state index in [1.807, 2.05) is 0 Å². The summed E-state index contributed by atoms with van der Waals surface area (Å²) in [6, 6.07) is 9.55. The number of rotatable bonds is 7. The molecule has 0 spiro atoms. The lowest BCUT2D eigenvalue weighted by atomic mass is 10.2. The number of nitrogens with zero attached hydrogens (tertiary/aromatic N) is 1. The summed E-state index contributed by atoms with van der Waals surface area (Å²) >= 11 is 0. The topological polar surface area (TPSA) is 111 Å². The average molecular weight is 361 g/mol. The molecule has 0 aromatic heterocycles. The molecule has 0 fully saturated rings. The highest BCUT2D eigenvalue weighted by atomic mass is 19.1.